The van der Waals surface area contributed by atoms with Crippen LogP contribution in [0, 0.1) is 11.8 Å². The van der Waals surface area contributed by atoms with Gasteiger partial charge in [-0.25, -0.2) is 9.59 Å². The first-order chi connectivity index (χ1) is 16.8. The summed E-state index contributed by atoms with van der Waals surface area (Å²) in [5.74, 6) is 1.26. The van der Waals surface area contributed by atoms with Crippen molar-refractivity contribution in [2.24, 2.45) is 18.9 Å². The van der Waals surface area contributed by atoms with E-state index in [-0.39, 0.29) is 23.3 Å². The lowest BCUT2D eigenvalue weighted by atomic mass is 9.80. The predicted molar refractivity (Wildman–Crippen MR) is 135 cm³/mol. The van der Waals surface area contributed by atoms with E-state index < -0.39 is 0 Å². The molecule has 2 heterocycles. The van der Waals surface area contributed by atoms with Crippen LogP contribution in [0.1, 0.15) is 32.6 Å². The Labute approximate surface area is 205 Å². The van der Waals surface area contributed by atoms with Crippen LogP contribution < -0.4 is 16.0 Å². The molecule has 1 aromatic heterocycles. The molecule has 2 aromatic rings. The van der Waals surface area contributed by atoms with E-state index in [1.807, 2.05) is 6.92 Å². The number of hydrogen-bond acceptors (Lipinski definition) is 6. The highest BCUT2D eigenvalue weighted by Gasteiger charge is 2.29. The molecule has 0 unspecified atom stereocenters. The number of hydrogen-bond donors (Lipinski definition) is 0. The second-order valence-electron chi connectivity index (χ2n) is 9.52. The lowest BCUT2D eigenvalue weighted by Gasteiger charge is -2.40. The molecule has 2 aliphatic rings. The molecule has 1 saturated heterocycles. The van der Waals surface area contributed by atoms with Gasteiger partial charge in [0.1, 0.15) is 5.75 Å². The van der Waals surface area contributed by atoms with Crippen molar-refractivity contribution in [3.05, 3.63) is 51.3 Å². The van der Waals surface area contributed by atoms with Gasteiger partial charge in [-0.1, -0.05) is 6.58 Å². The summed E-state index contributed by atoms with van der Waals surface area (Å²) in [4.78, 5) is 42.1. The topological polar surface area (TPSA) is 86.0 Å². The molecule has 190 valence electrons. The summed E-state index contributed by atoms with van der Waals surface area (Å²) in [6.07, 6.45) is 3.61. The lowest BCUT2D eigenvalue weighted by molar-refractivity contribution is 0.0830. The molecule has 1 aliphatic heterocycles. The number of piperazine rings is 1. The van der Waals surface area contributed by atoms with Crippen molar-refractivity contribution in [1.29, 1.82) is 0 Å². The molecular formula is C26H36N4O5. The Morgan fingerprint density at radius 3 is 2.34 bits per heavy atom. The highest BCUT2D eigenvalue weighted by Crippen LogP contribution is 2.35. The molecule has 0 radical (unpaired) electrons. The molecule has 4 rings (SSSR count). The highest BCUT2D eigenvalue weighted by molar-refractivity contribution is 5.79. The van der Waals surface area contributed by atoms with E-state index >= 15 is 0 Å². The maximum atomic E-state index is 13.2. The number of fused-ring (bicyclic) bond motifs is 1. The van der Waals surface area contributed by atoms with E-state index in [1.54, 1.807) is 41.8 Å². The van der Waals surface area contributed by atoms with E-state index in [0.717, 1.165) is 44.5 Å². The van der Waals surface area contributed by atoms with Gasteiger partial charge in [0.25, 0.3) is 5.56 Å². The average Bonchev–Trinajstić information content (AvgIpc) is 2.89. The van der Waals surface area contributed by atoms with Crippen LogP contribution in [-0.4, -0.2) is 64.9 Å². The van der Waals surface area contributed by atoms with Crippen molar-refractivity contribution in [1.82, 2.24) is 18.9 Å². The lowest BCUT2D eigenvalue weighted by Crippen LogP contribution is -2.49. The zero-order chi connectivity index (χ0) is 25.1. The number of methoxy groups -OCH3 is 1. The molecule has 1 aromatic carbocycles. The van der Waals surface area contributed by atoms with Gasteiger partial charge in [0, 0.05) is 45.5 Å². The van der Waals surface area contributed by atoms with Crippen molar-refractivity contribution < 1.29 is 14.3 Å². The standard InChI is InChI=1S/C26H36N4O5/c1-5-35-26(33)29-14-12-28(13-15-29)18(2)20-8-6-19(7-9-20)17-30-24(31)22-16-21(34-4)10-11-23(22)27(3)25(30)32/h10-11,16,19-20H,2,5-9,12-15,17H2,1,3-4H3/t19-,20-. The van der Waals surface area contributed by atoms with Gasteiger partial charge in [-0.3, -0.25) is 13.9 Å². The van der Waals surface area contributed by atoms with Gasteiger partial charge in [0.2, 0.25) is 0 Å². The van der Waals surface area contributed by atoms with Crippen LogP contribution >= 0.6 is 0 Å². The molecule has 1 aliphatic carbocycles. The molecule has 0 N–H and O–H groups in total. The highest BCUT2D eigenvalue weighted by atomic mass is 16.6. The first-order valence-corrected chi connectivity index (χ1v) is 12.5. The third-order valence-corrected chi connectivity index (χ3v) is 7.53. The monoisotopic (exact) mass is 484 g/mol. The van der Waals surface area contributed by atoms with E-state index in [2.05, 4.69) is 11.5 Å². The van der Waals surface area contributed by atoms with Crippen LogP contribution in [0.4, 0.5) is 4.79 Å². The number of benzene rings is 1. The molecule has 0 spiro atoms. The first kappa shape index (κ1) is 24.9. The second-order valence-corrected chi connectivity index (χ2v) is 9.52. The minimum absolute atomic E-state index is 0.244. The fourth-order valence-corrected chi connectivity index (χ4v) is 5.37. The quantitative estimate of drug-likeness (QED) is 0.627. The van der Waals surface area contributed by atoms with Crippen molar-refractivity contribution in [2.75, 3.05) is 39.9 Å². The largest absolute Gasteiger partial charge is 0.497 e. The fraction of sp³-hybridized carbons (Fsp3) is 0.577. The van der Waals surface area contributed by atoms with Gasteiger partial charge in [-0.05, 0) is 62.6 Å². The summed E-state index contributed by atoms with van der Waals surface area (Å²) in [5, 5.41) is 0.496. The number of aromatic nitrogens is 2. The Balaban J connectivity index is 1.37. The van der Waals surface area contributed by atoms with Crippen LogP contribution in [-0.2, 0) is 18.3 Å². The first-order valence-electron chi connectivity index (χ1n) is 12.5. The molecule has 1 saturated carbocycles. The van der Waals surface area contributed by atoms with Gasteiger partial charge in [0.15, 0.2) is 0 Å². The van der Waals surface area contributed by atoms with Gasteiger partial charge in [0.05, 0.1) is 24.6 Å². The summed E-state index contributed by atoms with van der Waals surface area (Å²) >= 11 is 0. The van der Waals surface area contributed by atoms with Crippen LogP contribution in [0.25, 0.3) is 10.9 Å². The van der Waals surface area contributed by atoms with Crippen molar-refractivity contribution in [3.8, 4) is 5.75 Å². The number of rotatable bonds is 6. The third kappa shape index (κ3) is 5.09. The smallest absolute Gasteiger partial charge is 0.409 e. The Bertz CT molecular complexity index is 1200. The SMILES string of the molecule is C=C([C@H]1CC[C@H](Cn2c(=O)c3cc(OC)ccc3n(C)c2=O)CC1)N1CCN(C(=O)OCC)CC1. The average molecular weight is 485 g/mol. The Hall–Kier alpha value is -3.23. The minimum atomic E-state index is -0.279. The molecular weight excluding hydrogens is 448 g/mol. The number of allylic oxidation sites excluding steroid dienone is 1. The summed E-state index contributed by atoms with van der Waals surface area (Å²) in [6, 6.07) is 5.22. The molecule has 9 nitrogen and oxygen atoms in total. The van der Waals surface area contributed by atoms with Crippen LogP contribution in [0.5, 0.6) is 5.75 Å². The predicted octanol–water partition coefficient (Wildman–Crippen LogP) is 2.80. The summed E-state index contributed by atoms with van der Waals surface area (Å²) in [5.41, 5.74) is 1.21. The van der Waals surface area contributed by atoms with E-state index in [9.17, 15) is 14.4 Å². The second kappa shape index (κ2) is 10.6. The zero-order valence-corrected chi connectivity index (χ0v) is 21.0. The van der Waals surface area contributed by atoms with Crippen LogP contribution in [0.15, 0.2) is 40.1 Å². The molecule has 1 amide bonds. The van der Waals surface area contributed by atoms with E-state index in [0.29, 0.717) is 48.8 Å². The van der Waals surface area contributed by atoms with E-state index in [1.165, 1.54) is 4.57 Å². The van der Waals surface area contributed by atoms with Gasteiger partial charge in [-0.2, -0.15) is 0 Å². The Morgan fingerprint density at radius 1 is 1.06 bits per heavy atom. The number of aryl methyl sites for hydroxylation is 1. The Morgan fingerprint density at radius 2 is 1.71 bits per heavy atom. The fourth-order valence-electron chi connectivity index (χ4n) is 5.37. The molecule has 0 atom stereocenters. The molecule has 35 heavy (non-hydrogen) atoms. The van der Waals surface area contributed by atoms with Gasteiger partial charge >= 0.3 is 11.8 Å². The number of nitrogens with zero attached hydrogens (tertiary/aromatic N) is 4. The molecule has 9 heteroatoms. The maximum Gasteiger partial charge on any atom is 0.409 e. The van der Waals surface area contributed by atoms with E-state index in [4.69, 9.17) is 9.47 Å². The van der Waals surface area contributed by atoms with Crippen molar-refractivity contribution in [2.45, 2.75) is 39.2 Å². The number of amides is 1. The number of carbonyl (C=O) groups excluding carboxylic acids is 1. The van der Waals surface area contributed by atoms with Crippen molar-refractivity contribution >= 4 is 17.0 Å². The summed E-state index contributed by atoms with van der Waals surface area (Å²) in [7, 11) is 3.27. The zero-order valence-electron chi connectivity index (χ0n) is 21.0. The number of carbonyl (C=O) groups is 1. The normalized spacial score (nSPS) is 20.7. The molecule has 2 fully saturated rings. The minimum Gasteiger partial charge on any atom is -0.497 e. The van der Waals surface area contributed by atoms with Gasteiger partial charge < -0.3 is 19.3 Å². The Kier molecular flexibility index (Phi) is 7.52. The summed E-state index contributed by atoms with van der Waals surface area (Å²) < 4.78 is 13.3. The number of ether oxygens (including phenoxy) is 2. The van der Waals surface area contributed by atoms with Crippen LogP contribution in [0.3, 0.4) is 0 Å². The maximum absolute atomic E-state index is 13.2. The van der Waals surface area contributed by atoms with Gasteiger partial charge in [-0.15, -0.1) is 0 Å². The van der Waals surface area contributed by atoms with Crippen LogP contribution in [0.2, 0.25) is 0 Å². The summed E-state index contributed by atoms with van der Waals surface area (Å²) in [6.45, 7) is 9.84. The molecule has 0 bridgehead atoms. The third-order valence-electron chi connectivity index (χ3n) is 7.53. The van der Waals surface area contributed by atoms with Crippen molar-refractivity contribution in [3.63, 3.8) is 0 Å².